The van der Waals surface area contributed by atoms with Crippen molar-refractivity contribution in [1.29, 1.82) is 0 Å². The second-order valence-corrected chi connectivity index (χ2v) is 4.24. The van der Waals surface area contributed by atoms with Crippen molar-refractivity contribution in [3.8, 4) is 0 Å². The summed E-state index contributed by atoms with van der Waals surface area (Å²) in [6.07, 6.45) is 1.94. The van der Waals surface area contributed by atoms with Crippen molar-refractivity contribution in [2.75, 3.05) is 25.2 Å². The summed E-state index contributed by atoms with van der Waals surface area (Å²) in [6, 6.07) is 0. The Morgan fingerprint density at radius 2 is 2.50 bits per heavy atom. The number of methoxy groups -OCH3 is 1. The maximum absolute atomic E-state index is 11.4. The molecule has 0 aromatic rings. The average molecular weight is 189 g/mol. The molecule has 1 atom stereocenters. The monoisotopic (exact) mass is 189 g/mol. The molecule has 0 saturated carbocycles. The van der Waals surface area contributed by atoms with E-state index in [1.807, 2.05) is 0 Å². The van der Waals surface area contributed by atoms with Gasteiger partial charge in [0.05, 0.1) is 12.5 Å². The Hall–Kier alpha value is -0.220. The van der Waals surface area contributed by atoms with Crippen LogP contribution in [-0.4, -0.2) is 31.1 Å². The minimum Gasteiger partial charge on any atom is -0.469 e. The van der Waals surface area contributed by atoms with Crippen LogP contribution in [0.5, 0.6) is 0 Å². The predicted octanol–water partition coefficient (Wildman–Crippen LogP) is 0.631. The average Bonchev–Trinajstić information content (AvgIpc) is 2.17. The molecule has 1 rings (SSSR count). The number of hydrogen-bond acceptors (Lipinski definition) is 4. The van der Waals surface area contributed by atoms with E-state index in [0.717, 1.165) is 24.3 Å². The lowest BCUT2D eigenvalue weighted by atomic mass is 9.85. The van der Waals surface area contributed by atoms with Gasteiger partial charge >= 0.3 is 5.97 Å². The molecular weight excluding hydrogens is 174 g/mol. The Morgan fingerprint density at radius 3 is 2.92 bits per heavy atom. The van der Waals surface area contributed by atoms with Crippen LogP contribution in [0.25, 0.3) is 0 Å². The molecule has 12 heavy (non-hydrogen) atoms. The molecule has 3 nitrogen and oxygen atoms in total. The van der Waals surface area contributed by atoms with E-state index in [1.165, 1.54) is 7.11 Å². The lowest BCUT2D eigenvalue weighted by Crippen LogP contribution is -2.43. The molecule has 0 bridgehead atoms. The van der Waals surface area contributed by atoms with E-state index in [0.29, 0.717) is 6.54 Å². The Bertz CT molecular complexity index is 166. The second-order valence-electron chi connectivity index (χ2n) is 3.13. The molecule has 4 heteroatoms. The highest BCUT2D eigenvalue weighted by Crippen LogP contribution is 2.34. The van der Waals surface area contributed by atoms with Crippen LogP contribution in [0.15, 0.2) is 0 Å². The van der Waals surface area contributed by atoms with Crippen molar-refractivity contribution in [3.05, 3.63) is 0 Å². The van der Waals surface area contributed by atoms with E-state index in [9.17, 15) is 4.79 Å². The largest absolute Gasteiger partial charge is 0.469 e. The van der Waals surface area contributed by atoms with Crippen LogP contribution in [-0.2, 0) is 9.53 Å². The highest BCUT2D eigenvalue weighted by molar-refractivity contribution is 7.99. The van der Waals surface area contributed by atoms with Crippen LogP contribution in [0.4, 0.5) is 0 Å². The molecular formula is C8H15NO2S. The lowest BCUT2D eigenvalue weighted by Gasteiger charge is -2.32. The zero-order chi connectivity index (χ0) is 9.03. The molecule has 2 N–H and O–H groups in total. The number of rotatable bonds is 2. The molecule has 70 valence electrons. The van der Waals surface area contributed by atoms with Gasteiger partial charge in [-0.25, -0.2) is 0 Å². The minimum absolute atomic E-state index is 0.141. The predicted molar refractivity (Wildman–Crippen MR) is 50.1 cm³/mol. The molecule has 1 fully saturated rings. The van der Waals surface area contributed by atoms with Gasteiger partial charge in [0.15, 0.2) is 0 Å². The van der Waals surface area contributed by atoms with Crippen LogP contribution in [0.2, 0.25) is 0 Å². The summed E-state index contributed by atoms with van der Waals surface area (Å²) < 4.78 is 4.75. The van der Waals surface area contributed by atoms with Gasteiger partial charge in [0, 0.05) is 12.3 Å². The third-order valence-electron chi connectivity index (χ3n) is 2.33. The third-order valence-corrected chi connectivity index (χ3v) is 3.67. The van der Waals surface area contributed by atoms with Crippen LogP contribution < -0.4 is 5.73 Å². The highest BCUT2D eigenvalue weighted by Gasteiger charge is 2.39. The van der Waals surface area contributed by atoms with Gasteiger partial charge in [0.25, 0.3) is 0 Å². The topological polar surface area (TPSA) is 52.3 Å². The summed E-state index contributed by atoms with van der Waals surface area (Å²) in [4.78, 5) is 11.4. The van der Waals surface area contributed by atoms with Crippen molar-refractivity contribution < 1.29 is 9.53 Å². The highest BCUT2D eigenvalue weighted by atomic mass is 32.2. The van der Waals surface area contributed by atoms with Crippen LogP contribution in [0, 0.1) is 5.41 Å². The zero-order valence-corrected chi connectivity index (χ0v) is 8.15. The van der Waals surface area contributed by atoms with Crippen molar-refractivity contribution >= 4 is 17.7 Å². The van der Waals surface area contributed by atoms with Crippen molar-refractivity contribution in [1.82, 2.24) is 0 Å². The Labute approximate surface area is 77.0 Å². The smallest absolute Gasteiger partial charge is 0.313 e. The first-order valence-electron chi connectivity index (χ1n) is 4.11. The van der Waals surface area contributed by atoms with E-state index >= 15 is 0 Å². The van der Waals surface area contributed by atoms with Crippen LogP contribution >= 0.6 is 11.8 Å². The Balaban J connectivity index is 2.66. The fourth-order valence-electron chi connectivity index (χ4n) is 1.47. The van der Waals surface area contributed by atoms with Crippen molar-refractivity contribution in [3.63, 3.8) is 0 Å². The number of thioether (sulfide) groups is 1. The first-order chi connectivity index (χ1) is 5.75. The molecule has 0 aliphatic carbocycles. The first-order valence-corrected chi connectivity index (χ1v) is 5.27. The van der Waals surface area contributed by atoms with Crippen LogP contribution in [0.3, 0.4) is 0 Å². The molecule has 0 amide bonds. The maximum atomic E-state index is 11.4. The number of carbonyl (C=O) groups excluding carboxylic acids is 1. The van der Waals surface area contributed by atoms with E-state index in [4.69, 9.17) is 10.5 Å². The van der Waals surface area contributed by atoms with Gasteiger partial charge < -0.3 is 10.5 Å². The van der Waals surface area contributed by atoms with E-state index < -0.39 is 5.41 Å². The lowest BCUT2D eigenvalue weighted by molar-refractivity contribution is -0.151. The first kappa shape index (κ1) is 9.86. The molecule has 0 spiro atoms. The standard InChI is InChI=1S/C8H15NO2S/c1-11-7(10)8(5-9)3-2-4-12-6-8/h2-6,9H2,1H3. The summed E-state index contributed by atoms with van der Waals surface area (Å²) in [5.74, 6) is 1.81. The maximum Gasteiger partial charge on any atom is 0.313 e. The summed E-state index contributed by atoms with van der Waals surface area (Å²) in [7, 11) is 1.43. The molecule has 0 radical (unpaired) electrons. The minimum atomic E-state index is -0.391. The van der Waals surface area contributed by atoms with E-state index in [1.54, 1.807) is 11.8 Å². The molecule has 0 aromatic carbocycles. The number of carbonyl (C=O) groups is 1. The number of nitrogens with two attached hydrogens (primary N) is 1. The SMILES string of the molecule is COC(=O)C1(CN)CCCSC1. The van der Waals surface area contributed by atoms with Gasteiger partial charge in [0.1, 0.15) is 0 Å². The van der Waals surface area contributed by atoms with Gasteiger partial charge in [0.2, 0.25) is 0 Å². The van der Waals surface area contributed by atoms with Gasteiger partial charge in [-0.15, -0.1) is 0 Å². The Morgan fingerprint density at radius 1 is 1.75 bits per heavy atom. The summed E-state index contributed by atoms with van der Waals surface area (Å²) >= 11 is 1.79. The summed E-state index contributed by atoms with van der Waals surface area (Å²) in [5, 5.41) is 0. The molecule has 0 aromatic heterocycles. The van der Waals surface area contributed by atoms with Crippen molar-refractivity contribution in [2.24, 2.45) is 11.1 Å². The second kappa shape index (κ2) is 4.14. The Kier molecular flexibility index (Phi) is 3.40. The molecule has 1 unspecified atom stereocenters. The summed E-state index contributed by atoms with van der Waals surface area (Å²) in [6.45, 7) is 0.409. The van der Waals surface area contributed by atoms with Gasteiger partial charge in [-0.2, -0.15) is 11.8 Å². The molecule has 1 heterocycles. The molecule has 1 aliphatic rings. The third kappa shape index (κ3) is 1.75. The quantitative estimate of drug-likeness (QED) is 0.647. The van der Waals surface area contributed by atoms with Gasteiger partial charge in [-0.3, -0.25) is 4.79 Å². The molecule has 1 saturated heterocycles. The van der Waals surface area contributed by atoms with Crippen molar-refractivity contribution in [2.45, 2.75) is 12.8 Å². The summed E-state index contributed by atoms with van der Waals surface area (Å²) in [5.41, 5.74) is 5.21. The van der Waals surface area contributed by atoms with Gasteiger partial charge in [-0.05, 0) is 18.6 Å². The zero-order valence-electron chi connectivity index (χ0n) is 7.34. The molecule has 1 aliphatic heterocycles. The normalized spacial score (nSPS) is 29.8. The number of esters is 1. The number of ether oxygens (including phenoxy) is 1. The van der Waals surface area contributed by atoms with E-state index in [-0.39, 0.29) is 5.97 Å². The fourth-order valence-corrected chi connectivity index (χ4v) is 2.74. The van der Waals surface area contributed by atoms with Gasteiger partial charge in [-0.1, -0.05) is 0 Å². The fraction of sp³-hybridized carbons (Fsp3) is 0.875. The van der Waals surface area contributed by atoms with E-state index in [2.05, 4.69) is 0 Å². The number of hydrogen-bond donors (Lipinski definition) is 1. The van der Waals surface area contributed by atoms with Crippen LogP contribution in [0.1, 0.15) is 12.8 Å².